The van der Waals surface area contributed by atoms with Gasteiger partial charge in [0.1, 0.15) is 0 Å². The van der Waals surface area contributed by atoms with Crippen LogP contribution in [0.5, 0.6) is 0 Å². The lowest BCUT2D eigenvalue weighted by Crippen LogP contribution is -2.45. The molecule has 0 saturated heterocycles. The fourth-order valence-corrected chi connectivity index (χ4v) is 3.14. The van der Waals surface area contributed by atoms with E-state index in [1.165, 1.54) is 0 Å². The van der Waals surface area contributed by atoms with E-state index in [0.29, 0.717) is 18.9 Å². The zero-order valence-electron chi connectivity index (χ0n) is 12.1. The molecule has 1 heterocycles. The first-order valence-electron chi connectivity index (χ1n) is 7.51. The number of rotatable bonds is 3. The summed E-state index contributed by atoms with van der Waals surface area (Å²) in [6.07, 6.45) is 2.60. The molecule has 3 rings (SSSR count). The van der Waals surface area contributed by atoms with Crippen LogP contribution in [0, 0.1) is 5.92 Å². The lowest BCUT2D eigenvalue weighted by molar-refractivity contribution is -0.139. The topological polar surface area (TPSA) is 69.6 Å². The first-order chi connectivity index (χ1) is 10.1. The summed E-state index contributed by atoms with van der Waals surface area (Å²) >= 11 is 0. The smallest absolute Gasteiger partial charge is 0.322 e. The van der Waals surface area contributed by atoms with Crippen LogP contribution >= 0.6 is 0 Å². The predicted octanol–water partition coefficient (Wildman–Crippen LogP) is 2.57. The molecule has 21 heavy (non-hydrogen) atoms. The van der Waals surface area contributed by atoms with Crippen molar-refractivity contribution in [1.82, 2.24) is 5.32 Å². The van der Waals surface area contributed by atoms with E-state index in [-0.39, 0.29) is 12.1 Å². The van der Waals surface area contributed by atoms with Crippen molar-refractivity contribution >= 4 is 17.7 Å². The van der Waals surface area contributed by atoms with Crippen molar-refractivity contribution in [2.45, 2.75) is 38.1 Å². The average Bonchev–Trinajstić information content (AvgIpc) is 3.24. The molecule has 1 aliphatic heterocycles. The largest absolute Gasteiger partial charge is 0.481 e. The van der Waals surface area contributed by atoms with Gasteiger partial charge in [0.15, 0.2) is 0 Å². The van der Waals surface area contributed by atoms with Gasteiger partial charge in [0.25, 0.3) is 0 Å². The Hall–Kier alpha value is -2.04. The van der Waals surface area contributed by atoms with Crippen LogP contribution in [0.2, 0.25) is 0 Å². The molecule has 0 bridgehead atoms. The van der Waals surface area contributed by atoms with Crippen LogP contribution in [0.4, 0.5) is 10.5 Å². The number of amides is 2. The summed E-state index contributed by atoms with van der Waals surface area (Å²) in [5.74, 6) is -0.744. The van der Waals surface area contributed by atoms with Crippen molar-refractivity contribution < 1.29 is 14.7 Å². The van der Waals surface area contributed by atoms with Crippen LogP contribution in [0.3, 0.4) is 0 Å². The molecule has 2 N–H and O–H groups in total. The Morgan fingerprint density at radius 1 is 1.38 bits per heavy atom. The van der Waals surface area contributed by atoms with Crippen LogP contribution in [-0.4, -0.2) is 29.7 Å². The summed E-state index contributed by atoms with van der Waals surface area (Å²) in [6, 6.07) is 7.48. The zero-order valence-corrected chi connectivity index (χ0v) is 12.1. The number of carboxylic acid groups (broad SMARTS) is 1. The van der Waals surface area contributed by atoms with E-state index in [1.54, 1.807) is 11.0 Å². The molecule has 3 unspecified atom stereocenters. The van der Waals surface area contributed by atoms with Crippen LogP contribution in [0.15, 0.2) is 24.3 Å². The summed E-state index contributed by atoms with van der Waals surface area (Å²) in [5, 5.41) is 12.4. The maximum Gasteiger partial charge on any atom is 0.322 e. The number of hydrogen-bond acceptors (Lipinski definition) is 2. The van der Waals surface area contributed by atoms with Gasteiger partial charge in [0.05, 0.1) is 5.92 Å². The van der Waals surface area contributed by atoms with Gasteiger partial charge in [-0.05, 0) is 30.4 Å². The summed E-state index contributed by atoms with van der Waals surface area (Å²) in [4.78, 5) is 25.4. The quantitative estimate of drug-likeness (QED) is 0.898. The zero-order chi connectivity index (χ0) is 15.0. The van der Waals surface area contributed by atoms with Crippen LogP contribution in [0.25, 0.3) is 0 Å². The highest BCUT2D eigenvalue weighted by Crippen LogP contribution is 2.37. The summed E-state index contributed by atoms with van der Waals surface area (Å²) in [5.41, 5.74) is 1.46. The van der Waals surface area contributed by atoms with Gasteiger partial charge < -0.3 is 10.4 Å². The summed E-state index contributed by atoms with van der Waals surface area (Å²) < 4.78 is 0. The van der Waals surface area contributed by atoms with E-state index in [1.807, 2.05) is 18.2 Å². The molecular weight excluding hydrogens is 268 g/mol. The van der Waals surface area contributed by atoms with Gasteiger partial charge in [-0.1, -0.05) is 31.5 Å². The number of carboxylic acids is 1. The van der Waals surface area contributed by atoms with E-state index in [0.717, 1.165) is 24.1 Å². The van der Waals surface area contributed by atoms with E-state index >= 15 is 0 Å². The number of hydrogen-bond donors (Lipinski definition) is 2. The molecule has 2 aliphatic rings. The molecule has 5 nitrogen and oxygen atoms in total. The molecule has 1 fully saturated rings. The number of benzene rings is 1. The summed E-state index contributed by atoms with van der Waals surface area (Å²) in [7, 11) is 0. The fraction of sp³-hybridized carbons (Fsp3) is 0.500. The lowest BCUT2D eigenvalue weighted by Gasteiger charge is -2.32. The van der Waals surface area contributed by atoms with E-state index in [4.69, 9.17) is 0 Å². The predicted molar refractivity (Wildman–Crippen MR) is 79.5 cm³/mol. The molecule has 0 aromatic heterocycles. The van der Waals surface area contributed by atoms with Crippen molar-refractivity contribution in [2.75, 3.05) is 11.4 Å². The third kappa shape index (κ3) is 2.60. The van der Waals surface area contributed by atoms with Crippen LogP contribution < -0.4 is 10.2 Å². The maximum atomic E-state index is 12.4. The minimum atomic E-state index is -0.823. The third-order valence-corrected chi connectivity index (χ3v) is 4.54. The van der Waals surface area contributed by atoms with Gasteiger partial charge in [0.2, 0.25) is 0 Å². The molecule has 2 amide bonds. The number of carbonyl (C=O) groups is 2. The maximum absolute atomic E-state index is 12.4. The molecule has 5 heteroatoms. The van der Waals surface area contributed by atoms with Gasteiger partial charge in [-0.3, -0.25) is 9.69 Å². The van der Waals surface area contributed by atoms with Gasteiger partial charge in [-0.2, -0.15) is 0 Å². The number of anilines is 1. The minimum absolute atomic E-state index is 0.104. The molecular formula is C16H20N2O3. The highest BCUT2D eigenvalue weighted by atomic mass is 16.4. The monoisotopic (exact) mass is 288 g/mol. The Morgan fingerprint density at radius 3 is 2.81 bits per heavy atom. The number of para-hydroxylation sites is 1. The molecule has 1 saturated carbocycles. The van der Waals surface area contributed by atoms with Gasteiger partial charge >= 0.3 is 12.0 Å². The lowest BCUT2D eigenvalue weighted by atomic mass is 9.90. The summed E-state index contributed by atoms with van der Waals surface area (Å²) in [6.45, 7) is 2.58. The average molecular weight is 288 g/mol. The SMILES string of the molecule is CCC1CC1NC(=O)N1CCC(C(=O)O)c2ccccc21. The highest BCUT2D eigenvalue weighted by molar-refractivity contribution is 5.95. The Labute approximate surface area is 123 Å². The number of aliphatic carboxylic acids is 1. The second kappa shape index (κ2) is 5.39. The van der Waals surface area contributed by atoms with Crippen molar-refractivity contribution in [1.29, 1.82) is 0 Å². The number of nitrogens with one attached hydrogen (secondary N) is 1. The first-order valence-corrected chi connectivity index (χ1v) is 7.51. The first kappa shape index (κ1) is 13.9. The molecule has 1 aromatic carbocycles. The van der Waals surface area contributed by atoms with E-state index < -0.39 is 11.9 Å². The van der Waals surface area contributed by atoms with Crippen LogP contribution in [0.1, 0.15) is 37.7 Å². The van der Waals surface area contributed by atoms with Gasteiger partial charge in [-0.15, -0.1) is 0 Å². The van der Waals surface area contributed by atoms with Crippen molar-refractivity contribution in [2.24, 2.45) is 5.92 Å². The van der Waals surface area contributed by atoms with E-state index in [2.05, 4.69) is 12.2 Å². The Kier molecular flexibility index (Phi) is 3.57. The molecule has 3 atom stereocenters. The molecule has 112 valence electrons. The fourth-order valence-electron chi connectivity index (χ4n) is 3.14. The Morgan fingerprint density at radius 2 is 2.14 bits per heavy atom. The number of carbonyl (C=O) groups excluding carboxylic acids is 1. The van der Waals surface area contributed by atoms with E-state index in [9.17, 15) is 14.7 Å². The van der Waals surface area contributed by atoms with Crippen molar-refractivity contribution in [3.8, 4) is 0 Å². The Balaban J connectivity index is 1.79. The standard InChI is InChI=1S/C16H20N2O3/c1-2-10-9-13(10)17-16(21)18-8-7-12(15(19)20)11-5-3-4-6-14(11)18/h3-6,10,12-13H,2,7-9H2,1H3,(H,17,21)(H,19,20). The normalized spacial score (nSPS) is 26.9. The molecule has 1 aliphatic carbocycles. The number of fused-ring (bicyclic) bond motifs is 1. The second-order valence-corrected chi connectivity index (χ2v) is 5.85. The van der Waals surface area contributed by atoms with Crippen LogP contribution in [-0.2, 0) is 4.79 Å². The van der Waals surface area contributed by atoms with Gasteiger partial charge in [-0.25, -0.2) is 4.79 Å². The van der Waals surface area contributed by atoms with Crippen molar-refractivity contribution in [3.63, 3.8) is 0 Å². The van der Waals surface area contributed by atoms with Gasteiger partial charge in [0, 0.05) is 18.3 Å². The van der Waals surface area contributed by atoms with Crippen molar-refractivity contribution in [3.05, 3.63) is 29.8 Å². The minimum Gasteiger partial charge on any atom is -0.481 e. The third-order valence-electron chi connectivity index (χ3n) is 4.54. The highest BCUT2D eigenvalue weighted by Gasteiger charge is 2.39. The second-order valence-electron chi connectivity index (χ2n) is 5.85. The number of urea groups is 1. The molecule has 0 spiro atoms. The molecule has 0 radical (unpaired) electrons. The molecule has 1 aromatic rings. The number of nitrogens with zero attached hydrogens (tertiary/aromatic N) is 1. The Bertz CT molecular complexity index is 572.